The highest BCUT2D eigenvalue weighted by atomic mass is 16.5. The minimum Gasteiger partial charge on any atom is -0.476 e. The first-order valence-corrected chi connectivity index (χ1v) is 18.1. The fraction of sp³-hybridized carbons (Fsp3) is 0.0870. The number of carbonyl (C=O) groups is 2. The molecule has 0 radical (unpaired) electrons. The monoisotopic (exact) mass is 738 g/mol. The number of aromatic carboxylic acids is 1. The average Bonchev–Trinajstić information content (AvgIpc) is 3.97. The van der Waals surface area contributed by atoms with Gasteiger partial charge >= 0.3 is 11.9 Å². The topological polar surface area (TPSA) is 125 Å². The molecule has 1 N–H and O–H groups in total. The van der Waals surface area contributed by atoms with Crippen molar-refractivity contribution in [2.75, 3.05) is 6.61 Å². The van der Waals surface area contributed by atoms with E-state index in [0.717, 1.165) is 33.4 Å². The van der Waals surface area contributed by atoms with Gasteiger partial charge in [-0.25, -0.2) is 19.0 Å². The Kier molecular flexibility index (Phi) is 11.0. The van der Waals surface area contributed by atoms with Crippen molar-refractivity contribution in [1.82, 2.24) is 30.0 Å². The lowest BCUT2D eigenvalue weighted by Crippen LogP contribution is -2.38. The van der Waals surface area contributed by atoms with Gasteiger partial charge in [0.1, 0.15) is 11.1 Å². The quantitative estimate of drug-likeness (QED) is 0.104. The minimum absolute atomic E-state index is 0.0952. The molecule has 0 aliphatic rings. The molecule has 0 saturated heterocycles. The highest BCUT2D eigenvalue weighted by Crippen LogP contribution is 2.41. The van der Waals surface area contributed by atoms with Crippen molar-refractivity contribution in [2.24, 2.45) is 0 Å². The second-order valence-electron chi connectivity index (χ2n) is 12.7. The third-order valence-corrected chi connectivity index (χ3v) is 9.53. The first kappa shape index (κ1) is 36.9. The molecule has 0 atom stereocenters. The third kappa shape index (κ3) is 6.99. The van der Waals surface area contributed by atoms with Crippen LogP contribution in [0.2, 0.25) is 0 Å². The number of carbonyl (C=O) groups excluding carboxylic acids is 1. The fourth-order valence-corrected chi connectivity index (χ4v) is 7.12. The Balaban J connectivity index is 0.000000172. The third-order valence-electron chi connectivity index (χ3n) is 9.53. The van der Waals surface area contributed by atoms with Crippen molar-refractivity contribution in [2.45, 2.75) is 18.0 Å². The Hall–Kier alpha value is -7.46. The molecule has 0 saturated carbocycles. The fourth-order valence-electron chi connectivity index (χ4n) is 7.12. The molecule has 56 heavy (non-hydrogen) atoms. The lowest BCUT2D eigenvalue weighted by atomic mass is 9.77. The van der Waals surface area contributed by atoms with Crippen LogP contribution in [0.5, 0.6) is 0 Å². The maximum Gasteiger partial charge on any atom is 0.360 e. The molecule has 2 aromatic heterocycles. The predicted molar refractivity (Wildman–Crippen MR) is 212 cm³/mol. The van der Waals surface area contributed by atoms with E-state index in [1.807, 2.05) is 146 Å². The maximum atomic E-state index is 12.3. The summed E-state index contributed by atoms with van der Waals surface area (Å²) in [5, 5.41) is 26.0. The Labute approximate surface area is 324 Å². The number of benzene rings is 6. The van der Waals surface area contributed by atoms with Crippen LogP contribution in [-0.4, -0.2) is 53.6 Å². The van der Waals surface area contributed by atoms with Gasteiger partial charge in [0.05, 0.1) is 19.0 Å². The number of nitrogens with zero attached hydrogens (tertiary/aromatic N) is 6. The summed E-state index contributed by atoms with van der Waals surface area (Å²) in [5.41, 5.74) is 4.37. The number of ether oxygens (including phenoxy) is 1. The van der Waals surface area contributed by atoms with Crippen LogP contribution in [0.3, 0.4) is 0 Å². The summed E-state index contributed by atoms with van der Waals surface area (Å²) in [5.74, 6) is -1.59. The van der Waals surface area contributed by atoms with Crippen LogP contribution in [-0.2, 0) is 15.8 Å². The average molecular weight is 739 g/mol. The molecule has 0 aliphatic carbocycles. The molecule has 0 bridgehead atoms. The molecule has 6 aromatic carbocycles. The SMILES string of the molecule is CCOC(=O)c1cn(C(c2ccccc2)(c2ccccc2)c2ccccc2)nn1.O=C(O)c1cn(C(c2ccccc2)(c2ccccc2)c2ccccc2)nn1. The Bertz CT molecular complexity index is 2280. The summed E-state index contributed by atoms with van der Waals surface area (Å²) < 4.78 is 8.50. The largest absolute Gasteiger partial charge is 0.476 e. The van der Waals surface area contributed by atoms with Gasteiger partial charge in [-0.2, -0.15) is 0 Å². The second-order valence-corrected chi connectivity index (χ2v) is 12.7. The first-order chi connectivity index (χ1) is 27.5. The van der Waals surface area contributed by atoms with Crippen molar-refractivity contribution >= 4 is 11.9 Å². The van der Waals surface area contributed by atoms with Crippen LogP contribution in [0, 0.1) is 0 Å². The van der Waals surface area contributed by atoms with E-state index >= 15 is 0 Å². The Morgan fingerprint density at radius 1 is 0.482 bits per heavy atom. The standard InChI is InChI=1S/C24H21N3O2.C22H17N3O2/c1-2-29-23(28)22-18-27(26-25-22)24(19-12-6-3-7-13-19,20-14-8-4-9-15-20)21-16-10-5-11-17-21;26-21(27)20-16-25(24-23-20)22(17-10-4-1-5-11-17,18-12-6-2-7-13-18)19-14-8-3-9-15-19/h3-18H,2H2,1H3;1-16H,(H,26,27). The molecule has 2 heterocycles. The van der Waals surface area contributed by atoms with Gasteiger partial charge < -0.3 is 9.84 Å². The number of aromatic nitrogens is 6. The second kappa shape index (κ2) is 16.7. The Morgan fingerprint density at radius 3 is 1.00 bits per heavy atom. The van der Waals surface area contributed by atoms with Gasteiger partial charge in [-0.3, -0.25) is 0 Å². The van der Waals surface area contributed by atoms with E-state index in [4.69, 9.17) is 4.74 Å². The molecule has 10 heteroatoms. The summed E-state index contributed by atoms with van der Waals surface area (Å²) in [4.78, 5) is 23.7. The summed E-state index contributed by atoms with van der Waals surface area (Å²) in [6, 6.07) is 60.0. The van der Waals surface area contributed by atoms with Gasteiger partial charge in [0.25, 0.3) is 0 Å². The molecule has 0 fully saturated rings. The molecule has 8 aromatic rings. The van der Waals surface area contributed by atoms with E-state index in [2.05, 4.69) is 57.0 Å². The number of carboxylic acids is 1. The van der Waals surface area contributed by atoms with Gasteiger partial charge in [0.2, 0.25) is 0 Å². The van der Waals surface area contributed by atoms with Crippen LogP contribution in [0.15, 0.2) is 194 Å². The van der Waals surface area contributed by atoms with E-state index in [9.17, 15) is 14.7 Å². The van der Waals surface area contributed by atoms with Gasteiger partial charge in [-0.05, 0) is 40.3 Å². The van der Waals surface area contributed by atoms with E-state index in [1.165, 1.54) is 6.20 Å². The molecular weight excluding hydrogens is 701 g/mol. The summed E-state index contributed by atoms with van der Waals surface area (Å²) >= 11 is 0. The predicted octanol–water partition coefficient (Wildman–Crippen LogP) is 8.11. The lowest BCUT2D eigenvalue weighted by molar-refractivity contribution is 0.0518. The smallest absolute Gasteiger partial charge is 0.360 e. The molecule has 0 aliphatic heterocycles. The van der Waals surface area contributed by atoms with Crippen molar-refractivity contribution in [3.05, 3.63) is 239 Å². The molecule has 0 spiro atoms. The zero-order valence-electron chi connectivity index (χ0n) is 30.5. The molecule has 0 amide bonds. The van der Waals surface area contributed by atoms with Crippen LogP contribution in [0.4, 0.5) is 0 Å². The number of hydrogen-bond acceptors (Lipinski definition) is 7. The van der Waals surface area contributed by atoms with Crippen LogP contribution >= 0.6 is 0 Å². The summed E-state index contributed by atoms with van der Waals surface area (Å²) in [7, 11) is 0. The highest BCUT2D eigenvalue weighted by molar-refractivity contribution is 5.86. The first-order valence-electron chi connectivity index (χ1n) is 18.1. The van der Waals surface area contributed by atoms with Crippen molar-refractivity contribution in [1.29, 1.82) is 0 Å². The molecule has 8 rings (SSSR count). The minimum atomic E-state index is -1.11. The number of rotatable bonds is 11. The van der Waals surface area contributed by atoms with Gasteiger partial charge in [-0.15, -0.1) is 10.2 Å². The molecule has 0 unspecified atom stereocenters. The van der Waals surface area contributed by atoms with E-state index < -0.39 is 23.0 Å². The van der Waals surface area contributed by atoms with Crippen molar-refractivity contribution in [3.8, 4) is 0 Å². The van der Waals surface area contributed by atoms with Crippen LogP contribution in [0.1, 0.15) is 61.3 Å². The highest BCUT2D eigenvalue weighted by Gasteiger charge is 2.41. The Morgan fingerprint density at radius 2 is 0.750 bits per heavy atom. The van der Waals surface area contributed by atoms with E-state index in [-0.39, 0.29) is 18.0 Å². The van der Waals surface area contributed by atoms with Gasteiger partial charge in [0, 0.05) is 0 Å². The lowest BCUT2D eigenvalue weighted by Gasteiger charge is -2.35. The summed E-state index contributed by atoms with van der Waals surface area (Å²) in [6.45, 7) is 2.05. The van der Waals surface area contributed by atoms with Crippen LogP contribution < -0.4 is 0 Å². The summed E-state index contributed by atoms with van der Waals surface area (Å²) in [6.07, 6.45) is 3.14. The molecule has 10 nitrogen and oxygen atoms in total. The normalized spacial score (nSPS) is 11.2. The zero-order valence-corrected chi connectivity index (χ0v) is 30.5. The number of esters is 1. The van der Waals surface area contributed by atoms with Gasteiger partial charge in [-0.1, -0.05) is 192 Å². The molecular formula is C46H38N6O4. The van der Waals surface area contributed by atoms with Crippen molar-refractivity contribution in [3.63, 3.8) is 0 Å². The van der Waals surface area contributed by atoms with Crippen molar-refractivity contribution < 1.29 is 19.4 Å². The number of hydrogen-bond donors (Lipinski definition) is 1. The maximum absolute atomic E-state index is 12.3. The van der Waals surface area contributed by atoms with Crippen LogP contribution in [0.25, 0.3) is 0 Å². The van der Waals surface area contributed by atoms with Gasteiger partial charge in [0.15, 0.2) is 11.4 Å². The number of carboxylic acid groups (broad SMARTS) is 1. The molecule has 276 valence electrons. The van der Waals surface area contributed by atoms with E-state index in [0.29, 0.717) is 0 Å². The zero-order chi connectivity index (χ0) is 38.8. The van der Waals surface area contributed by atoms with E-state index in [1.54, 1.807) is 22.5 Å².